The molecule has 2 fully saturated rings. The van der Waals surface area contributed by atoms with Gasteiger partial charge in [-0.3, -0.25) is 14.6 Å². The van der Waals surface area contributed by atoms with Crippen LogP contribution in [-0.4, -0.2) is 58.3 Å². The molecule has 10 heteroatoms. The zero-order valence-electron chi connectivity index (χ0n) is 16.3. The molecule has 1 spiro atoms. The number of hydrogen-bond acceptors (Lipinski definition) is 6. The summed E-state index contributed by atoms with van der Waals surface area (Å²) in [6.07, 6.45) is 4.69. The van der Waals surface area contributed by atoms with Gasteiger partial charge in [0, 0.05) is 38.0 Å². The van der Waals surface area contributed by atoms with Gasteiger partial charge in [-0.05, 0) is 17.7 Å². The molecule has 0 radical (unpaired) electrons. The predicted molar refractivity (Wildman–Crippen MR) is 117 cm³/mol. The van der Waals surface area contributed by atoms with E-state index in [0.717, 1.165) is 12.0 Å². The van der Waals surface area contributed by atoms with E-state index in [0.29, 0.717) is 59.2 Å². The lowest BCUT2D eigenvalue weighted by Crippen LogP contribution is -2.59. The van der Waals surface area contributed by atoms with Crippen LogP contribution >= 0.6 is 34.5 Å². The fourth-order valence-corrected chi connectivity index (χ4v) is 5.42. The van der Waals surface area contributed by atoms with Crippen molar-refractivity contribution < 1.29 is 14.0 Å². The van der Waals surface area contributed by atoms with Crippen molar-refractivity contribution in [3.05, 3.63) is 68.2 Å². The minimum absolute atomic E-state index is 0.0449. The smallest absolute Gasteiger partial charge is 0.265 e. The zero-order valence-corrected chi connectivity index (χ0v) is 18.7. The van der Waals surface area contributed by atoms with Gasteiger partial charge >= 0.3 is 0 Å². The van der Waals surface area contributed by atoms with Gasteiger partial charge < -0.3 is 14.2 Å². The van der Waals surface area contributed by atoms with E-state index >= 15 is 0 Å². The monoisotopic (exact) mass is 476 g/mol. The lowest BCUT2D eigenvalue weighted by atomic mass is 9.72. The number of carbonyl (C=O) groups excluding carboxylic acids is 2. The molecule has 160 valence electrons. The summed E-state index contributed by atoms with van der Waals surface area (Å²) in [5.41, 5.74) is 2.38. The Balaban J connectivity index is 1.38. The van der Waals surface area contributed by atoms with Crippen molar-refractivity contribution in [3.63, 3.8) is 0 Å². The van der Waals surface area contributed by atoms with E-state index in [1.807, 2.05) is 17.0 Å². The van der Waals surface area contributed by atoms with Crippen LogP contribution in [0.2, 0.25) is 10.0 Å². The molecule has 7 nitrogen and oxygen atoms in total. The van der Waals surface area contributed by atoms with Crippen LogP contribution in [-0.2, 0) is 11.2 Å². The molecular formula is C21H18Cl2N4O3S. The molecular weight excluding hydrogens is 459 g/mol. The number of carbonyl (C=O) groups is 2. The largest absolute Gasteiger partial charge is 0.445 e. The van der Waals surface area contributed by atoms with Crippen molar-refractivity contribution in [1.29, 1.82) is 0 Å². The molecule has 3 aromatic rings. The summed E-state index contributed by atoms with van der Waals surface area (Å²) in [4.78, 5) is 36.8. The number of benzene rings is 1. The van der Waals surface area contributed by atoms with Gasteiger partial charge in [-0.25, -0.2) is 4.98 Å². The second-order valence-corrected chi connectivity index (χ2v) is 9.77. The van der Waals surface area contributed by atoms with Gasteiger partial charge in [0.05, 0.1) is 33.9 Å². The van der Waals surface area contributed by atoms with Crippen LogP contribution in [0.3, 0.4) is 0 Å². The van der Waals surface area contributed by atoms with E-state index in [9.17, 15) is 9.59 Å². The summed E-state index contributed by atoms with van der Waals surface area (Å²) >= 11 is 13.4. The van der Waals surface area contributed by atoms with Gasteiger partial charge in [0.2, 0.25) is 6.41 Å². The third kappa shape index (κ3) is 3.73. The van der Waals surface area contributed by atoms with Crippen LogP contribution in [0.5, 0.6) is 0 Å². The van der Waals surface area contributed by atoms with E-state index in [-0.39, 0.29) is 17.2 Å². The number of aromatic nitrogens is 2. The van der Waals surface area contributed by atoms with Gasteiger partial charge in [0.15, 0.2) is 5.89 Å². The molecule has 1 atom stereocenters. The Morgan fingerprint density at radius 3 is 2.81 bits per heavy atom. The zero-order chi connectivity index (χ0) is 21.6. The van der Waals surface area contributed by atoms with Crippen LogP contribution in [0.4, 0.5) is 0 Å². The molecule has 2 saturated heterocycles. The standard InChI is InChI=1S/C21H18Cl2N4O3S/c22-16-2-1-13(4-17(16)23)3-14-5-25-19(30-14)15-7-27(20(29)18-6-24-11-31-18)10-21(15)8-26(9-21)12-28/h1-2,4-6,11-12,15H,3,7-10H2. The van der Waals surface area contributed by atoms with Crippen molar-refractivity contribution in [2.75, 3.05) is 26.2 Å². The number of hydrogen-bond donors (Lipinski definition) is 0. The molecule has 2 amide bonds. The van der Waals surface area contributed by atoms with Crippen molar-refractivity contribution >= 4 is 46.9 Å². The minimum Gasteiger partial charge on any atom is -0.445 e. The molecule has 1 unspecified atom stereocenters. The highest BCUT2D eigenvalue weighted by atomic mass is 35.5. The first-order chi connectivity index (χ1) is 15.0. The van der Waals surface area contributed by atoms with Crippen LogP contribution < -0.4 is 0 Å². The average Bonchev–Trinajstić information content (AvgIpc) is 3.48. The van der Waals surface area contributed by atoms with Crippen molar-refractivity contribution in [2.45, 2.75) is 12.3 Å². The summed E-state index contributed by atoms with van der Waals surface area (Å²) in [6.45, 7) is 2.22. The first kappa shape index (κ1) is 20.5. The SMILES string of the molecule is O=CN1CC2(C1)CN(C(=O)c1cncs1)CC2c1ncc(Cc2ccc(Cl)c(Cl)c2)o1. The van der Waals surface area contributed by atoms with E-state index in [4.69, 9.17) is 27.6 Å². The number of likely N-dealkylation sites (tertiary alicyclic amines) is 2. The summed E-state index contributed by atoms with van der Waals surface area (Å²) in [6, 6.07) is 5.47. The summed E-state index contributed by atoms with van der Waals surface area (Å²) in [5, 5.41) is 1.00. The first-order valence-corrected chi connectivity index (χ1v) is 11.4. The van der Waals surface area contributed by atoms with Gasteiger partial charge in [-0.15, -0.1) is 11.3 Å². The fourth-order valence-electron chi connectivity index (χ4n) is 4.51. The molecule has 0 saturated carbocycles. The topological polar surface area (TPSA) is 79.5 Å². The van der Waals surface area contributed by atoms with E-state index < -0.39 is 0 Å². The van der Waals surface area contributed by atoms with Gasteiger partial charge in [-0.1, -0.05) is 29.3 Å². The van der Waals surface area contributed by atoms with Gasteiger partial charge in [0.1, 0.15) is 10.6 Å². The number of oxazole rings is 1. The van der Waals surface area contributed by atoms with Crippen molar-refractivity contribution in [2.24, 2.45) is 5.41 Å². The van der Waals surface area contributed by atoms with Gasteiger partial charge in [0.25, 0.3) is 5.91 Å². The van der Waals surface area contributed by atoms with Crippen LogP contribution in [0, 0.1) is 5.41 Å². The molecule has 0 N–H and O–H groups in total. The lowest BCUT2D eigenvalue weighted by Gasteiger charge is -2.48. The highest BCUT2D eigenvalue weighted by Gasteiger charge is 2.57. The number of thiazole rings is 1. The minimum atomic E-state index is -0.243. The van der Waals surface area contributed by atoms with Crippen LogP contribution in [0.15, 0.2) is 40.5 Å². The molecule has 2 aliphatic heterocycles. The molecule has 5 rings (SSSR count). The Kier molecular flexibility index (Phi) is 5.24. The number of rotatable bonds is 5. The highest BCUT2D eigenvalue weighted by molar-refractivity contribution is 7.11. The molecule has 2 aromatic heterocycles. The second kappa shape index (κ2) is 7.93. The maximum absolute atomic E-state index is 12.9. The number of nitrogens with zero attached hydrogens (tertiary/aromatic N) is 4. The van der Waals surface area contributed by atoms with E-state index in [1.54, 1.807) is 28.9 Å². The average molecular weight is 477 g/mol. The Morgan fingerprint density at radius 2 is 2.10 bits per heavy atom. The Morgan fingerprint density at radius 1 is 1.26 bits per heavy atom. The summed E-state index contributed by atoms with van der Waals surface area (Å²) in [5.74, 6) is 1.18. The first-order valence-electron chi connectivity index (χ1n) is 9.73. The molecule has 0 aliphatic carbocycles. The maximum atomic E-state index is 12.9. The predicted octanol–water partition coefficient (Wildman–Crippen LogP) is 3.73. The third-order valence-electron chi connectivity index (χ3n) is 6.00. The Labute approximate surface area is 192 Å². The number of halogens is 2. The summed E-state index contributed by atoms with van der Waals surface area (Å²) in [7, 11) is 0. The quantitative estimate of drug-likeness (QED) is 0.524. The molecule has 0 bridgehead atoms. The molecule has 1 aromatic carbocycles. The van der Waals surface area contributed by atoms with Gasteiger partial charge in [-0.2, -0.15) is 0 Å². The fraction of sp³-hybridized carbons (Fsp3) is 0.333. The summed E-state index contributed by atoms with van der Waals surface area (Å²) < 4.78 is 6.12. The normalized spacial score (nSPS) is 19.6. The molecule has 31 heavy (non-hydrogen) atoms. The van der Waals surface area contributed by atoms with E-state index in [2.05, 4.69) is 9.97 Å². The molecule has 2 aliphatic rings. The van der Waals surface area contributed by atoms with Crippen molar-refractivity contribution in [1.82, 2.24) is 19.8 Å². The third-order valence-corrected chi connectivity index (χ3v) is 7.50. The van der Waals surface area contributed by atoms with Crippen LogP contribution in [0.25, 0.3) is 0 Å². The number of amides is 2. The molecule has 4 heterocycles. The van der Waals surface area contributed by atoms with Crippen molar-refractivity contribution in [3.8, 4) is 0 Å². The Bertz CT molecular complexity index is 1130. The highest BCUT2D eigenvalue weighted by Crippen LogP contribution is 2.49. The maximum Gasteiger partial charge on any atom is 0.265 e. The van der Waals surface area contributed by atoms with E-state index in [1.165, 1.54) is 11.3 Å². The van der Waals surface area contributed by atoms with Crippen LogP contribution in [0.1, 0.15) is 32.8 Å². The Hall–Kier alpha value is -2.42. The lowest BCUT2D eigenvalue weighted by molar-refractivity contribution is -0.129. The second-order valence-electron chi connectivity index (χ2n) is 8.07.